The van der Waals surface area contributed by atoms with Gasteiger partial charge in [0.25, 0.3) is 0 Å². The molecule has 0 unspecified atom stereocenters. The van der Waals surface area contributed by atoms with Crippen molar-refractivity contribution in [3.63, 3.8) is 0 Å². The van der Waals surface area contributed by atoms with Gasteiger partial charge in [-0.2, -0.15) is 0 Å². The third-order valence-corrected chi connectivity index (χ3v) is 4.98. The third-order valence-electron chi connectivity index (χ3n) is 4.98. The molecule has 0 radical (unpaired) electrons. The fourth-order valence-corrected chi connectivity index (χ4v) is 3.42. The number of rotatable bonds is 3. The quantitative estimate of drug-likeness (QED) is 0.738. The van der Waals surface area contributed by atoms with Crippen molar-refractivity contribution in [2.75, 3.05) is 13.1 Å². The molecule has 1 aliphatic rings. The van der Waals surface area contributed by atoms with Crippen molar-refractivity contribution in [1.82, 2.24) is 19.4 Å². The number of imidazole rings is 1. The summed E-state index contributed by atoms with van der Waals surface area (Å²) in [5.41, 5.74) is 2.66. The number of likely N-dealkylation sites (tertiary alicyclic amines) is 1. The maximum atomic E-state index is 12.9. The Balaban J connectivity index is 1.69. The average Bonchev–Trinajstić information content (AvgIpc) is 3.02. The Morgan fingerprint density at radius 2 is 1.88 bits per heavy atom. The Morgan fingerprint density at radius 3 is 2.64 bits per heavy atom. The van der Waals surface area contributed by atoms with Crippen molar-refractivity contribution < 1.29 is 4.79 Å². The fraction of sp³-hybridized carbons (Fsp3) is 0.350. The van der Waals surface area contributed by atoms with E-state index in [1.54, 1.807) is 6.20 Å². The molecule has 25 heavy (non-hydrogen) atoms. The number of hydrogen-bond donors (Lipinski definition) is 0. The van der Waals surface area contributed by atoms with Crippen LogP contribution in [0.15, 0.2) is 48.7 Å². The molecule has 0 aliphatic carbocycles. The Bertz CT molecular complexity index is 879. The van der Waals surface area contributed by atoms with E-state index in [1.807, 2.05) is 51.9 Å². The predicted octanol–water partition coefficient (Wildman–Crippen LogP) is 3.36. The van der Waals surface area contributed by atoms with Crippen molar-refractivity contribution in [1.29, 1.82) is 0 Å². The minimum atomic E-state index is 0.159. The number of benzene rings is 1. The molecule has 0 bridgehead atoms. The van der Waals surface area contributed by atoms with Crippen molar-refractivity contribution in [2.45, 2.75) is 26.3 Å². The summed E-state index contributed by atoms with van der Waals surface area (Å²) in [7, 11) is 0. The van der Waals surface area contributed by atoms with E-state index >= 15 is 0 Å². The number of para-hydroxylation sites is 2. The average molecular weight is 334 g/mol. The highest BCUT2D eigenvalue weighted by atomic mass is 16.2. The van der Waals surface area contributed by atoms with E-state index in [1.165, 1.54) is 0 Å². The molecule has 3 heterocycles. The summed E-state index contributed by atoms with van der Waals surface area (Å²) in [6, 6.07) is 13.7. The van der Waals surface area contributed by atoms with Gasteiger partial charge >= 0.3 is 0 Å². The Labute approximate surface area is 147 Å². The summed E-state index contributed by atoms with van der Waals surface area (Å²) in [5, 5.41) is 0. The topological polar surface area (TPSA) is 51.0 Å². The second-order valence-electron chi connectivity index (χ2n) is 6.79. The first-order valence-corrected chi connectivity index (χ1v) is 8.87. The van der Waals surface area contributed by atoms with Gasteiger partial charge in [0.2, 0.25) is 5.91 Å². The summed E-state index contributed by atoms with van der Waals surface area (Å²) in [5.74, 6) is 1.62. The maximum Gasteiger partial charge on any atom is 0.242 e. The van der Waals surface area contributed by atoms with Crippen LogP contribution >= 0.6 is 0 Å². The summed E-state index contributed by atoms with van der Waals surface area (Å²) in [4.78, 5) is 24.0. The highest BCUT2D eigenvalue weighted by molar-refractivity contribution is 5.84. The molecule has 1 aliphatic heterocycles. The molecule has 0 atom stereocenters. The summed E-state index contributed by atoms with van der Waals surface area (Å²) >= 11 is 0. The lowest BCUT2D eigenvalue weighted by atomic mass is 9.99. The number of nitrogens with zero attached hydrogens (tertiary/aromatic N) is 4. The van der Waals surface area contributed by atoms with Crippen LogP contribution in [0.1, 0.15) is 19.8 Å². The Kier molecular flexibility index (Phi) is 4.22. The largest absolute Gasteiger partial charge is 0.341 e. The van der Waals surface area contributed by atoms with E-state index in [0.717, 1.165) is 48.5 Å². The summed E-state index contributed by atoms with van der Waals surface area (Å²) in [6.45, 7) is 4.27. The molecular formula is C20H22N4O. The molecule has 1 fully saturated rings. The zero-order chi connectivity index (χ0) is 17.2. The molecule has 1 amide bonds. The van der Waals surface area contributed by atoms with E-state index in [-0.39, 0.29) is 5.91 Å². The van der Waals surface area contributed by atoms with Crippen LogP contribution in [-0.4, -0.2) is 38.4 Å². The van der Waals surface area contributed by atoms with Crippen molar-refractivity contribution in [3.05, 3.63) is 48.7 Å². The van der Waals surface area contributed by atoms with Gasteiger partial charge in [-0.25, -0.2) is 4.98 Å². The van der Waals surface area contributed by atoms with Crippen LogP contribution < -0.4 is 0 Å². The number of hydrogen-bond acceptors (Lipinski definition) is 3. The summed E-state index contributed by atoms with van der Waals surface area (Å²) in [6.07, 6.45) is 3.93. The first-order valence-electron chi connectivity index (χ1n) is 8.87. The number of pyridine rings is 1. The molecule has 5 nitrogen and oxygen atoms in total. The van der Waals surface area contributed by atoms with E-state index in [4.69, 9.17) is 4.98 Å². The lowest BCUT2D eigenvalue weighted by molar-refractivity contribution is -0.133. The van der Waals surface area contributed by atoms with Crippen LogP contribution in [0.25, 0.3) is 22.6 Å². The number of carbonyl (C=O) groups excluding carboxylic acids is 1. The van der Waals surface area contributed by atoms with E-state index in [0.29, 0.717) is 12.5 Å². The van der Waals surface area contributed by atoms with Crippen LogP contribution in [0, 0.1) is 5.92 Å². The fourth-order valence-electron chi connectivity index (χ4n) is 3.42. The lowest BCUT2D eigenvalue weighted by Gasteiger charge is -2.30. The second kappa shape index (κ2) is 6.67. The standard InChI is InChI=1S/C20H22N4O/c1-15-9-12-23(13-10-15)19(25)14-24-18-8-3-2-6-16(18)22-20(24)17-7-4-5-11-21-17/h2-8,11,15H,9-10,12-14H2,1H3. The second-order valence-corrected chi connectivity index (χ2v) is 6.79. The van der Waals surface area contributed by atoms with Crippen molar-refractivity contribution in [2.24, 2.45) is 5.92 Å². The van der Waals surface area contributed by atoms with Crippen LogP contribution in [0.2, 0.25) is 0 Å². The molecular weight excluding hydrogens is 312 g/mol. The highest BCUT2D eigenvalue weighted by Gasteiger charge is 2.22. The zero-order valence-electron chi connectivity index (χ0n) is 14.4. The van der Waals surface area contributed by atoms with Gasteiger partial charge in [-0.3, -0.25) is 9.78 Å². The lowest BCUT2D eigenvalue weighted by Crippen LogP contribution is -2.39. The first kappa shape index (κ1) is 15.8. The minimum Gasteiger partial charge on any atom is -0.341 e. The van der Waals surface area contributed by atoms with Gasteiger partial charge in [-0.15, -0.1) is 0 Å². The van der Waals surface area contributed by atoms with Gasteiger partial charge in [-0.1, -0.05) is 25.1 Å². The van der Waals surface area contributed by atoms with Crippen LogP contribution in [0.3, 0.4) is 0 Å². The molecule has 1 aromatic carbocycles. The summed E-state index contributed by atoms with van der Waals surface area (Å²) < 4.78 is 2.00. The minimum absolute atomic E-state index is 0.159. The molecule has 0 spiro atoms. The zero-order valence-corrected chi connectivity index (χ0v) is 14.4. The first-order chi connectivity index (χ1) is 12.2. The molecule has 2 aromatic heterocycles. The van der Waals surface area contributed by atoms with E-state index < -0.39 is 0 Å². The molecule has 128 valence electrons. The Morgan fingerprint density at radius 1 is 1.12 bits per heavy atom. The maximum absolute atomic E-state index is 12.9. The van der Waals surface area contributed by atoms with Crippen LogP contribution in [0.4, 0.5) is 0 Å². The van der Waals surface area contributed by atoms with Gasteiger partial charge in [-0.05, 0) is 43.0 Å². The van der Waals surface area contributed by atoms with Crippen LogP contribution in [-0.2, 0) is 11.3 Å². The van der Waals surface area contributed by atoms with Gasteiger partial charge in [0, 0.05) is 19.3 Å². The SMILES string of the molecule is CC1CCN(C(=O)Cn2c(-c3ccccn3)nc3ccccc32)CC1. The monoisotopic (exact) mass is 334 g/mol. The number of piperidine rings is 1. The molecule has 0 saturated carbocycles. The van der Waals surface area contributed by atoms with Gasteiger partial charge < -0.3 is 9.47 Å². The third kappa shape index (κ3) is 3.14. The molecule has 5 heteroatoms. The molecule has 3 aromatic rings. The van der Waals surface area contributed by atoms with Crippen molar-refractivity contribution in [3.8, 4) is 11.5 Å². The molecule has 4 rings (SSSR count). The van der Waals surface area contributed by atoms with E-state index in [9.17, 15) is 4.79 Å². The van der Waals surface area contributed by atoms with Crippen LogP contribution in [0.5, 0.6) is 0 Å². The Hall–Kier alpha value is -2.69. The normalized spacial score (nSPS) is 15.6. The number of amides is 1. The smallest absolute Gasteiger partial charge is 0.242 e. The molecule has 1 saturated heterocycles. The number of carbonyl (C=O) groups is 1. The predicted molar refractivity (Wildman–Crippen MR) is 97.9 cm³/mol. The number of fused-ring (bicyclic) bond motifs is 1. The van der Waals surface area contributed by atoms with E-state index in [2.05, 4.69) is 11.9 Å². The highest BCUT2D eigenvalue weighted by Crippen LogP contribution is 2.24. The number of aromatic nitrogens is 3. The van der Waals surface area contributed by atoms with Gasteiger partial charge in [0.15, 0.2) is 5.82 Å². The van der Waals surface area contributed by atoms with Gasteiger partial charge in [0.1, 0.15) is 12.2 Å². The van der Waals surface area contributed by atoms with Gasteiger partial charge in [0.05, 0.1) is 11.0 Å². The molecule has 0 N–H and O–H groups in total. The van der Waals surface area contributed by atoms with Crippen molar-refractivity contribution >= 4 is 16.9 Å².